The first-order chi connectivity index (χ1) is 8.51. The van der Waals surface area contributed by atoms with E-state index in [1.165, 1.54) is 0 Å². The predicted molar refractivity (Wildman–Crippen MR) is 74.4 cm³/mol. The van der Waals surface area contributed by atoms with Crippen molar-refractivity contribution in [3.8, 4) is 0 Å². The van der Waals surface area contributed by atoms with Gasteiger partial charge in [-0.2, -0.15) is 0 Å². The maximum Gasteiger partial charge on any atom is 0.0853 e. The average molecular weight is 251 g/mol. The van der Waals surface area contributed by atoms with Gasteiger partial charge in [0.2, 0.25) is 0 Å². The fourth-order valence-corrected chi connectivity index (χ4v) is 2.24. The van der Waals surface area contributed by atoms with E-state index in [1.807, 2.05) is 30.3 Å². The molecule has 0 aliphatic rings. The van der Waals surface area contributed by atoms with E-state index in [-0.39, 0.29) is 12.0 Å². The zero-order chi connectivity index (χ0) is 13.6. The molecule has 1 aromatic rings. The van der Waals surface area contributed by atoms with Crippen molar-refractivity contribution in [2.45, 2.75) is 26.9 Å². The first-order valence-corrected chi connectivity index (χ1v) is 6.57. The zero-order valence-electron chi connectivity index (χ0n) is 11.6. The van der Waals surface area contributed by atoms with E-state index in [4.69, 9.17) is 5.11 Å². The summed E-state index contributed by atoms with van der Waals surface area (Å²) in [7, 11) is 0. The molecular weight excluding hydrogens is 226 g/mol. The van der Waals surface area contributed by atoms with Gasteiger partial charge in [0.1, 0.15) is 0 Å². The summed E-state index contributed by atoms with van der Waals surface area (Å²) >= 11 is 0. The zero-order valence-corrected chi connectivity index (χ0v) is 11.6. The SMILES string of the molecule is CCN(CCO)CC(C)(C)C(O)c1ccccc1. The second kappa shape index (κ2) is 6.88. The Morgan fingerprint density at radius 2 is 1.83 bits per heavy atom. The van der Waals surface area contributed by atoms with Crippen LogP contribution in [0.3, 0.4) is 0 Å². The van der Waals surface area contributed by atoms with Gasteiger partial charge in [-0.25, -0.2) is 0 Å². The van der Waals surface area contributed by atoms with E-state index in [0.717, 1.165) is 18.7 Å². The van der Waals surface area contributed by atoms with Crippen LogP contribution in [0.1, 0.15) is 32.4 Å². The molecule has 0 saturated carbocycles. The molecule has 1 aromatic carbocycles. The molecule has 0 aromatic heterocycles. The van der Waals surface area contributed by atoms with Gasteiger partial charge in [0.25, 0.3) is 0 Å². The number of aliphatic hydroxyl groups is 2. The van der Waals surface area contributed by atoms with Gasteiger partial charge in [0, 0.05) is 18.5 Å². The lowest BCUT2D eigenvalue weighted by molar-refractivity contribution is 0.0179. The van der Waals surface area contributed by atoms with Crippen LogP contribution >= 0.6 is 0 Å². The van der Waals surface area contributed by atoms with Crippen molar-refractivity contribution in [1.82, 2.24) is 4.90 Å². The summed E-state index contributed by atoms with van der Waals surface area (Å²) in [6, 6.07) is 9.75. The third-order valence-electron chi connectivity index (χ3n) is 3.35. The molecule has 0 fully saturated rings. The normalized spacial score (nSPS) is 13.9. The number of benzene rings is 1. The van der Waals surface area contributed by atoms with E-state index in [1.54, 1.807) is 0 Å². The Kier molecular flexibility index (Phi) is 5.79. The van der Waals surface area contributed by atoms with Crippen molar-refractivity contribution in [2.24, 2.45) is 5.41 Å². The van der Waals surface area contributed by atoms with Gasteiger partial charge in [-0.15, -0.1) is 0 Å². The van der Waals surface area contributed by atoms with Gasteiger partial charge in [-0.3, -0.25) is 0 Å². The molecule has 0 amide bonds. The number of aliphatic hydroxyl groups excluding tert-OH is 2. The summed E-state index contributed by atoms with van der Waals surface area (Å²) in [6.07, 6.45) is -0.494. The van der Waals surface area contributed by atoms with Crippen molar-refractivity contribution in [3.63, 3.8) is 0 Å². The van der Waals surface area contributed by atoms with Gasteiger partial charge in [-0.1, -0.05) is 51.1 Å². The van der Waals surface area contributed by atoms with Crippen molar-refractivity contribution in [3.05, 3.63) is 35.9 Å². The topological polar surface area (TPSA) is 43.7 Å². The number of likely N-dealkylation sites (N-methyl/N-ethyl adjacent to an activating group) is 1. The van der Waals surface area contributed by atoms with E-state index in [0.29, 0.717) is 6.54 Å². The van der Waals surface area contributed by atoms with Gasteiger partial charge in [-0.05, 0) is 12.1 Å². The first kappa shape index (κ1) is 15.2. The molecule has 0 spiro atoms. The van der Waals surface area contributed by atoms with Crippen LogP contribution in [0.5, 0.6) is 0 Å². The summed E-state index contributed by atoms with van der Waals surface area (Å²) in [5.41, 5.74) is 0.703. The Balaban J connectivity index is 2.73. The molecule has 1 rings (SSSR count). The number of hydrogen-bond acceptors (Lipinski definition) is 3. The van der Waals surface area contributed by atoms with Crippen LogP contribution in [-0.4, -0.2) is 41.4 Å². The molecule has 0 bridgehead atoms. The first-order valence-electron chi connectivity index (χ1n) is 6.57. The van der Waals surface area contributed by atoms with E-state index in [2.05, 4.69) is 25.7 Å². The highest BCUT2D eigenvalue weighted by Crippen LogP contribution is 2.33. The highest BCUT2D eigenvalue weighted by Gasteiger charge is 2.30. The van der Waals surface area contributed by atoms with Crippen LogP contribution in [0.25, 0.3) is 0 Å². The Bertz CT molecular complexity index is 338. The molecule has 0 heterocycles. The maximum atomic E-state index is 10.5. The van der Waals surface area contributed by atoms with E-state index >= 15 is 0 Å². The molecule has 0 aliphatic carbocycles. The summed E-state index contributed by atoms with van der Waals surface area (Å²) in [5.74, 6) is 0. The lowest BCUT2D eigenvalue weighted by Gasteiger charge is -2.35. The average Bonchev–Trinajstić information content (AvgIpc) is 2.38. The molecule has 0 aliphatic heterocycles. The molecule has 1 unspecified atom stereocenters. The molecule has 1 atom stereocenters. The largest absolute Gasteiger partial charge is 0.395 e. The minimum atomic E-state index is -0.494. The molecular formula is C15H25NO2. The highest BCUT2D eigenvalue weighted by atomic mass is 16.3. The summed E-state index contributed by atoms with van der Waals surface area (Å²) < 4.78 is 0. The quantitative estimate of drug-likeness (QED) is 0.779. The fourth-order valence-electron chi connectivity index (χ4n) is 2.24. The maximum absolute atomic E-state index is 10.5. The van der Waals surface area contributed by atoms with Crippen LogP contribution in [0.4, 0.5) is 0 Å². The fraction of sp³-hybridized carbons (Fsp3) is 0.600. The van der Waals surface area contributed by atoms with E-state index in [9.17, 15) is 5.11 Å². The molecule has 3 heteroatoms. The van der Waals surface area contributed by atoms with Crippen LogP contribution in [0, 0.1) is 5.41 Å². The molecule has 3 nitrogen and oxygen atoms in total. The predicted octanol–water partition coefficient (Wildman–Crippen LogP) is 2.06. The monoisotopic (exact) mass is 251 g/mol. The van der Waals surface area contributed by atoms with Crippen LogP contribution in [0.2, 0.25) is 0 Å². The molecule has 0 saturated heterocycles. The number of nitrogens with zero attached hydrogens (tertiary/aromatic N) is 1. The van der Waals surface area contributed by atoms with Crippen molar-refractivity contribution in [1.29, 1.82) is 0 Å². The van der Waals surface area contributed by atoms with Crippen molar-refractivity contribution < 1.29 is 10.2 Å². The number of rotatable bonds is 7. The summed E-state index contributed by atoms with van der Waals surface area (Å²) in [4.78, 5) is 2.16. The molecule has 18 heavy (non-hydrogen) atoms. The Morgan fingerprint density at radius 3 is 2.33 bits per heavy atom. The Hall–Kier alpha value is -0.900. The van der Waals surface area contributed by atoms with Gasteiger partial charge >= 0.3 is 0 Å². The second-order valence-corrected chi connectivity index (χ2v) is 5.39. The van der Waals surface area contributed by atoms with Crippen molar-refractivity contribution in [2.75, 3.05) is 26.2 Å². The van der Waals surface area contributed by atoms with Gasteiger partial charge in [0.05, 0.1) is 12.7 Å². The number of hydrogen-bond donors (Lipinski definition) is 2. The smallest absolute Gasteiger partial charge is 0.0853 e. The summed E-state index contributed by atoms with van der Waals surface area (Å²) in [5, 5.41) is 19.5. The molecule has 0 radical (unpaired) electrons. The summed E-state index contributed by atoms with van der Waals surface area (Å²) in [6.45, 7) is 8.65. The lowest BCUT2D eigenvalue weighted by Crippen LogP contribution is -2.39. The van der Waals surface area contributed by atoms with Crippen LogP contribution in [0.15, 0.2) is 30.3 Å². The van der Waals surface area contributed by atoms with Crippen molar-refractivity contribution >= 4 is 0 Å². The third-order valence-corrected chi connectivity index (χ3v) is 3.35. The molecule has 2 N–H and O–H groups in total. The minimum absolute atomic E-state index is 0.158. The Morgan fingerprint density at radius 1 is 1.22 bits per heavy atom. The molecule has 102 valence electrons. The standard InChI is InChI=1S/C15H25NO2/c1-4-16(10-11-17)12-15(2,3)14(18)13-8-6-5-7-9-13/h5-9,14,17-18H,4,10-12H2,1-3H3. The second-order valence-electron chi connectivity index (χ2n) is 5.39. The Labute approximate surface area is 110 Å². The van der Waals surface area contributed by atoms with E-state index < -0.39 is 6.10 Å². The van der Waals surface area contributed by atoms with Gasteiger partial charge in [0.15, 0.2) is 0 Å². The van der Waals surface area contributed by atoms with Crippen LogP contribution < -0.4 is 0 Å². The third kappa shape index (κ3) is 4.09. The van der Waals surface area contributed by atoms with Gasteiger partial charge < -0.3 is 15.1 Å². The highest BCUT2D eigenvalue weighted by molar-refractivity contribution is 5.19. The van der Waals surface area contributed by atoms with Crippen LogP contribution in [-0.2, 0) is 0 Å². The lowest BCUT2D eigenvalue weighted by atomic mass is 9.82. The minimum Gasteiger partial charge on any atom is -0.395 e.